The lowest BCUT2D eigenvalue weighted by Crippen LogP contribution is -2.51. The van der Waals surface area contributed by atoms with Crippen LogP contribution < -0.4 is 5.73 Å². The van der Waals surface area contributed by atoms with Gasteiger partial charge < -0.3 is 4.74 Å². The number of nitrogens with two attached hydrogens (primary N) is 1. The Bertz CT molecular complexity index is 583. The predicted molar refractivity (Wildman–Crippen MR) is 86.3 cm³/mol. The van der Waals surface area contributed by atoms with Crippen LogP contribution in [0.3, 0.4) is 0 Å². The Morgan fingerprint density at radius 3 is 2.62 bits per heavy atom. The molecule has 1 radical (unpaired) electrons. The van der Waals surface area contributed by atoms with Crippen LogP contribution in [0.5, 0.6) is 0 Å². The minimum Gasteiger partial charge on any atom is -0.469 e. The third-order valence-corrected chi connectivity index (χ3v) is 5.20. The summed E-state index contributed by atoms with van der Waals surface area (Å²) in [4.78, 5) is 0. The summed E-state index contributed by atoms with van der Waals surface area (Å²) in [5, 5.41) is 0. The van der Waals surface area contributed by atoms with Gasteiger partial charge in [-0.05, 0) is 49.8 Å². The molecular formula is C19H24NO. The molecule has 0 saturated carbocycles. The van der Waals surface area contributed by atoms with Gasteiger partial charge in [0, 0.05) is 11.0 Å². The average Bonchev–Trinajstić information content (AvgIpc) is 2.78. The highest BCUT2D eigenvalue weighted by atomic mass is 16.5. The van der Waals surface area contributed by atoms with Gasteiger partial charge in [0.05, 0.1) is 0 Å². The summed E-state index contributed by atoms with van der Waals surface area (Å²) in [6.45, 7) is 4.44. The number of allylic oxidation sites excluding steroid dienone is 3. The monoisotopic (exact) mass is 282 g/mol. The predicted octanol–water partition coefficient (Wildman–Crippen LogP) is 4.23. The third kappa shape index (κ3) is 2.13. The van der Waals surface area contributed by atoms with Gasteiger partial charge >= 0.3 is 0 Å². The first kappa shape index (κ1) is 14.4. The van der Waals surface area contributed by atoms with Gasteiger partial charge in [-0.15, -0.1) is 0 Å². The number of rotatable bonds is 4. The lowest BCUT2D eigenvalue weighted by atomic mass is 9.73. The summed E-state index contributed by atoms with van der Waals surface area (Å²) in [6, 6.07) is 8.46. The minimum atomic E-state index is -0.742. The first-order chi connectivity index (χ1) is 10.1. The van der Waals surface area contributed by atoms with Crippen molar-refractivity contribution < 1.29 is 4.74 Å². The van der Waals surface area contributed by atoms with Crippen molar-refractivity contribution in [2.75, 3.05) is 0 Å². The zero-order valence-electron chi connectivity index (χ0n) is 12.9. The van der Waals surface area contributed by atoms with E-state index in [1.807, 2.05) is 12.2 Å². The Kier molecular flexibility index (Phi) is 3.66. The summed E-state index contributed by atoms with van der Waals surface area (Å²) in [5.41, 5.74) is 8.58. The minimum absolute atomic E-state index is 0.0389. The standard InChI is InChI=1S/C19H24NO/c1-3-18(4-2)14-15-10-8-9-13-17(15)19(18,20)21-16-11-6-5-7-12-16/h6-13H,3-5,14,20H2,1-2H3. The summed E-state index contributed by atoms with van der Waals surface area (Å²) >= 11 is 0. The van der Waals surface area contributed by atoms with Crippen LogP contribution in [0.4, 0.5) is 0 Å². The van der Waals surface area contributed by atoms with Crippen molar-refractivity contribution in [2.45, 2.75) is 45.3 Å². The van der Waals surface area contributed by atoms with Gasteiger partial charge in [-0.1, -0.05) is 44.2 Å². The van der Waals surface area contributed by atoms with Gasteiger partial charge in [0.15, 0.2) is 5.72 Å². The molecule has 111 valence electrons. The highest BCUT2D eigenvalue weighted by Gasteiger charge is 2.55. The SMILES string of the molecule is CCC1(CC)Cc2ccccc2C1(N)OC1=C[CH]CC=C1. The largest absolute Gasteiger partial charge is 0.469 e. The molecule has 0 bridgehead atoms. The fourth-order valence-electron chi connectivity index (χ4n) is 3.76. The number of ether oxygens (including phenoxy) is 1. The van der Waals surface area contributed by atoms with Gasteiger partial charge in [-0.3, -0.25) is 5.73 Å². The van der Waals surface area contributed by atoms with E-state index in [0.29, 0.717) is 0 Å². The molecule has 0 aliphatic heterocycles. The Hall–Kier alpha value is -1.54. The molecule has 2 heteroatoms. The maximum Gasteiger partial charge on any atom is 0.190 e. The molecule has 1 aromatic carbocycles. The molecule has 3 rings (SSSR count). The van der Waals surface area contributed by atoms with Crippen molar-refractivity contribution in [1.82, 2.24) is 0 Å². The van der Waals surface area contributed by atoms with Gasteiger partial charge in [0.1, 0.15) is 5.76 Å². The second-order valence-corrected chi connectivity index (χ2v) is 6.10. The van der Waals surface area contributed by atoms with E-state index in [2.05, 4.69) is 50.6 Å². The van der Waals surface area contributed by atoms with E-state index in [1.54, 1.807) is 0 Å². The summed E-state index contributed by atoms with van der Waals surface area (Å²) < 4.78 is 6.38. The lowest BCUT2D eigenvalue weighted by molar-refractivity contribution is -0.0978. The second-order valence-electron chi connectivity index (χ2n) is 6.10. The van der Waals surface area contributed by atoms with E-state index >= 15 is 0 Å². The summed E-state index contributed by atoms with van der Waals surface area (Å²) in [7, 11) is 0. The Morgan fingerprint density at radius 1 is 1.19 bits per heavy atom. The first-order valence-electron chi connectivity index (χ1n) is 7.91. The molecule has 2 aliphatic carbocycles. The van der Waals surface area contributed by atoms with Crippen LogP contribution in [0.15, 0.2) is 48.3 Å². The van der Waals surface area contributed by atoms with Crippen LogP contribution in [-0.2, 0) is 16.9 Å². The van der Waals surface area contributed by atoms with Crippen molar-refractivity contribution in [2.24, 2.45) is 11.1 Å². The van der Waals surface area contributed by atoms with E-state index in [-0.39, 0.29) is 5.41 Å². The molecule has 0 spiro atoms. The first-order valence-corrected chi connectivity index (χ1v) is 7.91. The van der Waals surface area contributed by atoms with Crippen LogP contribution in [0.2, 0.25) is 0 Å². The van der Waals surface area contributed by atoms with Gasteiger partial charge in [0.2, 0.25) is 0 Å². The fraction of sp³-hybridized carbons (Fsp3) is 0.421. The highest BCUT2D eigenvalue weighted by molar-refractivity contribution is 5.41. The molecule has 0 saturated heterocycles. The molecule has 0 heterocycles. The lowest BCUT2D eigenvalue weighted by Gasteiger charge is -2.43. The molecule has 2 N–H and O–H groups in total. The quantitative estimate of drug-likeness (QED) is 0.839. The van der Waals surface area contributed by atoms with Gasteiger partial charge in [-0.25, -0.2) is 0 Å². The van der Waals surface area contributed by atoms with Crippen LogP contribution in [0, 0.1) is 11.8 Å². The fourth-order valence-corrected chi connectivity index (χ4v) is 3.76. The molecule has 1 aromatic rings. The maximum absolute atomic E-state index is 6.89. The molecule has 0 fully saturated rings. The maximum atomic E-state index is 6.89. The van der Waals surface area contributed by atoms with Crippen molar-refractivity contribution in [1.29, 1.82) is 0 Å². The number of hydrogen-bond donors (Lipinski definition) is 1. The van der Waals surface area contributed by atoms with Gasteiger partial charge in [0.25, 0.3) is 0 Å². The highest BCUT2D eigenvalue weighted by Crippen LogP contribution is 2.54. The number of fused-ring (bicyclic) bond motifs is 1. The van der Waals surface area contributed by atoms with Crippen LogP contribution in [0.25, 0.3) is 0 Å². The van der Waals surface area contributed by atoms with E-state index in [9.17, 15) is 0 Å². The Labute approximate surface area is 127 Å². The molecule has 1 atom stereocenters. The van der Waals surface area contributed by atoms with Crippen molar-refractivity contribution in [3.05, 3.63) is 65.8 Å². The van der Waals surface area contributed by atoms with Crippen molar-refractivity contribution in [3.63, 3.8) is 0 Å². The smallest absolute Gasteiger partial charge is 0.190 e. The molecule has 0 amide bonds. The van der Waals surface area contributed by atoms with E-state index < -0.39 is 5.72 Å². The van der Waals surface area contributed by atoms with Crippen molar-refractivity contribution in [3.8, 4) is 0 Å². The summed E-state index contributed by atoms with van der Waals surface area (Å²) in [6.07, 6.45) is 12.3. The zero-order valence-corrected chi connectivity index (χ0v) is 12.9. The Balaban J connectivity index is 2.05. The second kappa shape index (κ2) is 5.34. The molecular weight excluding hydrogens is 258 g/mol. The van der Waals surface area contributed by atoms with E-state index in [4.69, 9.17) is 10.5 Å². The van der Waals surface area contributed by atoms with Gasteiger partial charge in [-0.2, -0.15) is 0 Å². The van der Waals surface area contributed by atoms with Crippen LogP contribution in [-0.4, -0.2) is 0 Å². The van der Waals surface area contributed by atoms with Crippen molar-refractivity contribution >= 4 is 0 Å². The number of hydrogen-bond acceptors (Lipinski definition) is 2. The number of benzene rings is 1. The molecule has 2 nitrogen and oxygen atoms in total. The summed E-state index contributed by atoms with van der Waals surface area (Å²) in [5.74, 6) is 0.867. The van der Waals surface area contributed by atoms with Crippen LogP contribution >= 0.6 is 0 Å². The van der Waals surface area contributed by atoms with E-state index in [0.717, 1.165) is 37.0 Å². The molecule has 21 heavy (non-hydrogen) atoms. The molecule has 0 aromatic heterocycles. The van der Waals surface area contributed by atoms with E-state index in [1.165, 1.54) is 5.56 Å². The topological polar surface area (TPSA) is 35.2 Å². The molecule has 2 aliphatic rings. The van der Waals surface area contributed by atoms with Crippen LogP contribution in [0.1, 0.15) is 44.2 Å². The molecule has 1 unspecified atom stereocenters. The third-order valence-electron chi connectivity index (χ3n) is 5.20. The average molecular weight is 282 g/mol. The normalized spacial score (nSPS) is 26.3. The Morgan fingerprint density at radius 2 is 1.95 bits per heavy atom. The zero-order chi connectivity index (χ0) is 14.9.